The highest BCUT2D eigenvalue weighted by molar-refractivity contribution is 8.15. The number of hydrogen-bond donors (Lipinski definition) is 1. The lowest BCUT2D eigenvalue weighted by Crippen LogP contribution is -2.44. The number of rotatable bonds is 7. The van der Waals surface area contributed by atoms with Gasteiger partial charge in [-0.25, -0.2) is 13.8 Å². The third-order valence-electron chi connectivity index (χ3n) is 5.17. The van der Waals surface area contributed by atoms with Crippen LogP contribution in [0.1, 0.15) is 18.9 Å². The van der Waals surface area contributed by atoms with E-state index in [1.54, 1.807) is 36.4 Å². The molecule has 0 bridgehead atoms. The Balaban J connectivity index is 1.55. The number of carbonyl (C=O) groups is 2. The highest BCUT2D eigenvalue weighted by Crippen LogP contribution is 2.31. The summed E-state index contributed by atoms with van der Waals surface area (Å²) in [5.74, 6) is -0.712. The lowest BCUT2D eigenvalue weighted by molar-refractivity contribution is -0.129. The Morgan fingerprint density at radius 1 is 1.03 bits per heavy atom. The van der Waals surface area contributed by atoms with Crippen molar-refractivity contribution in [3.05, 3.63) is 90.0 Å². The molecule has 0 radical (unpaired) electrons. The lowest BCUT2D eigenvalue weighted by atomic mass is 10.2. The minimum Gasteiger partial charge on any atom is -0.494 e. The number of amides is 2. The Labute approximate surface area is 206 Å². The van der Waals surface area contributed by atoms with Crippen molar-refractivity contribution in [1.29, 1.82) is 0 Å². The third-order valence-corrected chi connectivity index (χ3v) is 6.36. The molecule has 0 aromatic heterocycles. The summed E-state index contributed by atoms with van der Waals surface area (Å²) in [7, 11) is 0. The van der Waals surface area contributed by atoms with Crippen LogP contribution in [0.25, 0.3) is 0 Å². The number of benzene rings is 3. The van der Waals surface area contributed by atoms with Crippen molar-refractivity contribution in [1.82, 2.24) is 4.90 Å². The second-order valence-electron chi connectivity index (χ2n) is 7.73. The van der Waals surface area contributed by atoms with Crippen LogP contribution >= 0.6 is 11.8 Å². The number of aliphatic imine (C=N–C) groups is 1. The Morgan fingerprint density at radius 2 is 1.66 bits per heavy atom. The maximum Gasteiger partial charge on any atom is 0.238 e. The van der Waals surface area contributed by atoms with Crippen molar-refractivity contribution in [2.45, 2.75) is 25.1 Å². The SMILES string of the molecule is CCOc1ccc(NC(=O)C2CC(=O)N(Cc3ccc(F)cc3)C(=Nc3ccc(F)cc3)S2)cc1. The van der Waals surface area contributed by atoms with Gasteiger partial charge in [0.25, 0.3) is 0 Å². The molecular weight excluding hydrogens is 472 g/mol. The minimum atomic E-state index is -0.710. The van der Waals surface area contributed by atoms with E-state index in [1.165, 1.54) is 41.3 Å². The monoisotopic (exact) mass is 495 g/mol. The molecule has 1 saturated heterocycles. The van der Waals surface area contributed by atoms with Crippen molar-refractivity contribution in [3.63, 3.8) is 0 Å². The quantitative estimate of drug-likeness (QED) is 0.468. The number of amidine groups is 1. The fourth-order valence-electron chi connectivity index (χ4n) is 3.42. The molecule has 1 fully saturated rings. The molecule has 1 heterocycles. The fourth-order valence-corrected chi connectivity index (χ4v) is 4.52. The summed E-state index contributed by atoms with van der Waals surface area (Å²) in [5, 5.41) is 2.43. The summed E-state index contributed by atoms with van der Waals surface area (Å²) in [6, 6.07) is 18.3. The number of thioether (sulfide) groups is 1. The van der Waals surface area contributed by atoms with Gasteiger partial charge in [0.05, 0.1) is 18.8 Å². The Morgan fingerprint density at radius 3 is 2.29 bits per heavy atom. The number of carbonyl (C=O) groups excluding carboxylic acids is 2. The van der Waals surface area contributed by atoms with Gasteiger partial charge in [-0.15, -0.1) is 0 Å². The molecular formula is C26H23F2N3O3S. The van der Waals surface area contributed by atoms with Gasteiger partial charge >= 0.3 is 0 Å². The number of hydrogen-bond acceptors (Lipinski definition) is 5. The van der Waals surface area contributed by atoms with Gasteiger partial charge in [0.15, 0.2) is 5.17 Å². The molecule has 6 nitrogen and oxygen atoms in total. The molecule has 1 aliphatic rings. The summed E-state index contributed by atoms with van der Waals surface area (Å²) < 4.78 is 32.1. The van der Waals surface area contributed by atoms with Crippen LogP contribution in [0.4, 0.5) is 20.2 Å². The molecule has 3 aromatic rings. The second kappa shape index (κ2) is 11.1. The van der Waals surface area contributed by atoms with Gasteiger partial charge in [0, 0.05) is 12.1 Å². The molecule has 1 atom stereocenters. The zero-order chi connectivity index (χ0) is 24.8. The Hall–Kier alpha value is -3.72. The zero-order valence-corrected chi connectivity index (χ0v) is 19.7. The predicted molar refractivity (Wildman–Crippen MR) is 133 cm³/mol. The maximum absolute atomic E-state index is 13.4. The molecule has 0 aliphatic carbocycles. The van der Waals surface area contributed by atoms with Gasteiger partial charge in [-0.2, -0.15) is 0 Å². The molecule has 180 valence electrons. The van der Waals surface area contributed by atoms with Crippen molar-refractivity contribution in [2.75, 3.05) is 11.9 Å². The summed E-state index contributed by atoms with van der Waals surface area (Å²) in [5.41, 5.74) is 1.74. The molecule has 1 N–H and O–H groups in total. The fraction of sp³-hybridized carbons (Fsp3) is 0.192. The van der Waals surface area contributed by atoms with Crippen LogP contribution in [0.2, 0.25) is 0 Å². The van der Waals surface area contributed by atoms with Crippen molar-refractivity contribution in [3.8, 4) is 5.75 Å². The first-order valence-electron chi connectivity index (χ1n) is 11.0. The van der Waals surface area contributed by atoms with Crippen LogP contribution in [-0.2, 0) is 16.1 Å². The van der Waals surface area contributed by atoms with E-state index in [9.17, 15) is 18.4 Å². The van der Waals surface area contributed by atoms with E-state index in [-0.39, 0.29) is 30.6 Å². The van der Waals surface area contributed by atoms with E-state index in [2.05, 4.69) is 10.3 Å². The Kier molecular flexibility index (Phi) is 7.77. The zero-order valence-electron chi connectivity index (χ0n) is 18.9. The summed E-state index contributed by atoms with van der Waals surface area (Å²) in [4.78, 5) is 32.1. The normalized spacial score (nSPS) is 16.9. The van der Waals surface area contributed by atoms with Crippen molar-refractivity contribution < 1.29 is 23.1 Å². The average molecular weight is 496 g/mol. The number of nitrogens with zero attached hydrogens (tertiary/aromatic N) is 2. The maximum atomic E-state index is 13.4. The highest BCUT2D eigenvalue weighted by Gasteiger charge is 2.36. The number of halogens is 2. The van der Waals surface area contributed by atoms with E-state index >= 15 is 0 Å². The second-order valence-corrected chi connectivity index (χ2v) is 8.90. The van der Waals surface area contributed by atoms with Gasteiger partial charge in [-0.1, -0.05) is 23.9 Å². The largest absolute Gasteiger partial charge is 0.494 e. The minimum absolute atomic E-state index is 0.0306. The molecule has 1 aliphatic heterocycles. The number of anilines is 1. The van der Waals surface area contributed by atoms with E-state index in [1.807, 2.05) is 6.92 Å². The highest BCUT2D eigenvalue weighted by atomic mass is 32.2. The molecule has 0 saturated carbocycles. The van der Waals surface area contributed by atoms with Crippen LogP contribution in [0.5, 0.6) is 5.75 Å². The van der Waals surface area contributed by atoms with Crippen molar-refractivity contribution >= 4 is 40.1 Å². The molecule has 0 spiro atoms. The van der Waals surface area contributed by atoms with Crippen LogP contribution in [-0.4, -0.2) is 33.7 Å². The first-order chi connectivity index (χ1) is 16.9. The van der Waals surface area contributed by atoms with Crippen LogP contribution in [0.3, 0.4) is 0 Å². The van der Waals surface area contributed by atoms with E-state index in [0.29, 0.717) is 34.5 Å². The van der Waals surface area contributed by atoms with Gasteiger partial charge in [0.1, 0.15) is 22.6 Å². The van der Waals surface area contributed by atoms with E-state index in [0.717, 1.165) is 11.8 Å². The molecule has 9 heteroatoms. The van der Waals surface area contributed by atoms with Gasteiger partial charge in [0.2, 0.25) is 11.8 Å². The summed E-state index contributed by atoms with van der Waals surface area (Å²) in [6.07, 6.45) is -0.0306. The number of nitrogens with one attached hydrogen (secondary N) is 1. The average Bonchev–Trinajstić information content (AvgIpc) is 2.85. The van der Waals surface area contributed by atoms with Crippen molar-refractivity contribution in [2.24, 2.45) is 4.99 Å². The molecule has 2 amide bonds. The van der Waals surface area contributed by atoms with Crippen LogP contribution < -0.4 is 10.1 Å². The molecule has 35 heavy (non-hydrogen) atoms. The first-order valence-corrected chi connectivity index (χ1v) is 11.9. The molecule has 4 rings (SSSR count). The third kappa shape index (κ3) is 6.45. The van der Waals surface area contributed by atoms with E-state index < -0.39 is 11.1 Å². The summed E-state index contributed by atoms with van der Waals surface area (Å²) in [6.45, 7) is 2.59. The lowest BCUT2D eigenvalue weighted by Gasteiger charge is -2.32. The number of ether oxygens (including phenoxy) is 1. The smallest absolute Gasteiger partial charge is 0.238 e. The van der Waals surface area contributed by atoms with E-state index in [4.69, 9.17) is 4.74 Å². The molecule has 3 aromatic carbocycles. The first kappa shape index (κ1) is 24.4. The Bertz CT molecular complexity index is 1220. The van der Waals surface area contributed by atoms with Gasteiger partial charge < -0.3 is 10.1 Å². The topological polar surface area (TPSA) is 71.0 Å². The predicted octanol–water partition coefficient (Wildman–Crippen LogP) is 5.52. The van der Waals surface area contributed by atoms with Crippen LogP contribution in [0, 0.1) is 11.6 Å². The summed E-state index contributed by atoms with van der Waals surface area (Å²) >= 11 is 1.15. The van der Waals surface area contributed by atoms with Crippen LogP contribution in [0.15, 0.2) is 77.8 Å². The van der Waals surface area contributed by atoms with Gasteiger partial charge in [-0.3, -0.25) is 14.5 Å². The molecule has 1 unspecified atom stereocenters. The van der Waals surface area contributed by atoms with Gasteiger partial charge in [-0.05, 0) is 73.2 Å². The standard InChI is InChI=1S/C26H23F2N3O3S/c1-2-34-22-13-11-20(12-14-22)29-25(33)23-15-24(32)31(16-17-3-5-18(27)6-4-17)26(35-23)30-21-9-7-19(28)8-10-21/h3-14,23H,2,15-16H2,1H3,(H,29,33).